The van der Waals surface area contributed by atoms with Crippen molar-refractivity contribution in [3.63, 3.8) is 0 Å². The largest absolute Gasteiger partial charge is 0.493 e. The van der Waals surface area contributed by atoms with Crippen molar-refractivity contribution in [1.29, 1.82) is 0 Å². The van der Waals surface area contributed by atoms with Gasteiger partial charge in [-0.05, 0) is 18.2 Å². The number of nitrogens with one attached hydrogen (secondary N) is 1. The number of fused-ring (bicyclic) bond motifs is 1. The zero-order valence-corrected chi connectivity index (χ0v) is 19.3. The van der Waals surface area contributed by atoms with Gasteiger partial charge in [0, 0.05) is 39.3 Å². The summed E-state index contributed by atoms with van der Waals surface area (Å²) in [5.74, 6) is 2.02. The number of hydrogen-bond donors (Lipinski definition) is 2. The molecule has 1 aromatic carbocycles. The Hall–Kier alpha value is -3.31. The zero-order valence-electron chi connectivity index (χ0n) is 18.5. The minimum absolute atomic E-state index is 0.0715. The maximum atomic E-state index is 6.03. The lowest BCUT2D eigenvalue weighted by Crippen LogP contribution is -2.57. The smallest absolute Gasteiger partial charge is 0.224 e. The van der Waals surface area contributed by atoms with E-state index in [1.807, 2.05) is 37.2 Å². The van der Waals surface area contributed by atoms with Crippen molar-refractivity contribution in [2.24, 2.45) is 0 Å². The SMILES string of the molecule is COc1ccc(-c2cnc3nc(N)nc(N4CCNCC4C(=S)N(C)C)c3n2)cc1OC. The van der Waals surface area contributed by atoms with Gasteiger partial charge < -0.3 is 30.3 Å². The molecule has 0 bridgehead atoms. The van der Waals surface area contributed by atoms with Crippen LogP contribution in [0.5, 0.6) is 11.5 Å². The number of rotatable bonds is 5. The molecule has 11 heteroatoms. The number of likely N-dealkylation sites (N-methyl/N-ethyl adjacent to an activating group) is 1. The van der Waals surface area contributed by atoms with Crippen molar-refractivity contribution in [2.75, 3.05) is 58.6 Å². The first-order valence-electron chi connectivity index (χ1n) is 10.1. The topological polar surface area (TPSA) is 115 Å². The quantitative estimate of drug-likeness (QED) is 0.545. The highest BCUT2D eigenvalue weighted by Crippen LogP contribution is 2.33. The van der Waals surface area contributed by atoms with Gasteiger partial charge in [0.05, 0.1) is 32.2 Å². The molecule has 1 unspecified atom stereocenters. The number of aromatic nitrogens is 4. The van der Waals surface area contributed by atoms with Crippen molar-refractivity contribution in [1.82, 2.24) is 30.2 Å². The molecule has 4 rings (SSSR count). The van der Waals surface area contributed by atoms with Crippen LogP contribution >= 0.6 is 12.2 Å². The van der Waals surface area contributed by atoms with Gasteiger partial charge in [0.1, 0.15) is 4.99 Å². The third kappa shape index (κ3) is 4.08. The number of nitrogens with zero attached hydrogens (tertiary/aromatic N) is 6. The molecule has 1 fully saturated rings. The van der Waals surface area contributed by atoms with Crippen molar-refractivity contribution in [2.45, 2.75) is 6.04 Å². The summed E-state index contributed by atoms with van der Waals surface area (Å²) in [6.45, 7) is 2.19. The maximum absolute atomic E-state index is 6.03. The number of thiocarbonyl (C=S) groups is 1. The molecule has 168 valence electrons. The predicted molar refractivity (Wildman–Crippen MR) is 128 cm³/mol. The lowest BCUT2D eigenvalue weighted by molar-refractivity contribution is 0.355. The summed E-state index contributed by atoms with van der Waals surface area (Å²) in [4.78, 5) is 23.1. The van der Waals surface area contributed by atoms with Gasteiger partial charge >= 0.3 is 0 Å². The summed E-state index contributed by atoms with van der Waals surface area (Å²) in [5.41, 5.74) is 8.53. The Morgan fingerprint density at radius 1 is 1.19 bits per heavy atom. The van der Waals surface area contributed by atoms with Crippen LogP contribution in [0.1, 0.15) is 0 Å². The fraction of sp³-hybridized carbons (Fsp3) is 0.381. The fourth-order valence-electron chi connectivity index (χ4n) is 3.72. The number of ether oxygens (including phenoxy) is 2. The third-order valence-corrected chi connectivity index (χ3v) is 5.96. The van der Waals surface area contributed by atoms with E-state index >= 15 is 0 Å². The van der Waals surface area contributed by atoms with Gasteiger partial charge in [0.15, 0.2) is 28.5 Å². The number of nitrogen functional groups attached to an aromatic ring is 1. The number of nitrogens with two attached hydrogens (primary N) is 1. The van der Waals surface area contributed by atoms with E-state index in [4.69, 9.17) is 32.4 Å². The predicted octanol–water partition coefficient (Wildman–Crippen LogP) is 1.35. The van der Waals surface area contributed by atoms with Gasteiger partial charge in [-0.25, -0.2) is 9.97 Å². The minimum atomic E-state index is -0.0715. The van der Waals surface area contributed by atoms with E-state index < -0.39 is 0 Å². The minimum Gasteiger partial charge on any atom is -0.493 e. The lowest BCUT2D eigenvalue weighted by Gasteiger charge is -2.39. The molecule has 1 atom stereocenters. The summed E-state index contributed by atoms with van der Waals surface area (Å²) in [6, 6.07) is 5.53. The van der Waals surface area contributed by atoms with Gasteiger partial charge in [-0.1, -0.05) is 12.2 Å². The number of benzene rings is 1. The first kappa shape index (κ1) is 21.9. The van der Waals surface area contributed by atoms with Crippen LogP contribution in [-0.4, -0.2) is 83.8 Å². The van der Waals surface area contributed by atoms with E-state index in [0.717, 1.165) is 17.1 Å². The molecule has 3 heterocycles. The van der Waals surface area contributed by atoms with Crippen LogP contribution in [-0.2, 0) is 0 Å². The number of anilines is 2. The van der Waals surface area contributed by atoms with E-state index in [2.05, 4.69) is 25.2 Å². The summed E-state index contributed by atoms with van der Waals surface area (Å²) >= 11 is 5.69. The van der Waals surface area contributed by atoms with Crippen LogP contribution in [0.2, 0.25) is 0 Å². The van der Waals surface area contributed by atoms with Gasteiger partial charge in [0.25, 0.3) is 0 Å². The summed E-state index contributed by atoms with van der Waals surface area (Å²) < 4.78 is 10.8. The molecule has 0 radical (unpaired) electrons. The first-order valence-corrected chi connectivity index (χ1v) is 10.5. The summed E-state index contributed by atoms with van der Waals surface area (Å²) in [5, 5.41) is 3.40. The molecule has 0 spiro atoms. The van der Waals surface area contributed by atoms with Gasteiger partial charge in [-0.3, -0.25) is 0 Å². The Morgan fingerprint density at radius 2 is 1.97 bits per heavy atom. The van der Waals surface area contributed by atoms with Crippen molar-refractivity contribution in [3.8, 4) is 22.8 Å². The van der Waals surface area contributed by atoms with E-state index in [9.17, 15) is 0 Å². The molecule has 0 amide bonds. The van der Waals surface area contributed by atoms with Crippen molar-refractivity contribution >= 4 is 40.1 Å². The normalized spacial score (nSPS) is 16.1. The van der Waals surface area contributed by atoms with Gasteiger partial charge in [-0.2, -0.15) is 9.97 Å². The third-order valence-electron chi connectivity index (χ3n) is 5.33. The van der Waals surface area contributed by atoms with E-state index in [1.54, 1.807) is 20.4 Å². The molecule has 10 nitrogen and oxygen atoms in total. The van der Waals surface area contributed by atoms with E-state index in [0.29, 0.717) is 47.3 Å². The Labute approximate surface area is 191 Å². The fourth-order valence-corrected chi connectivity index (χ4v) is 3.93. The molecule has 3 aromatic rings. The number of methoxy groups -OCH3 is 2. The second kappa shape index (κ2) is 9.05. The molecule has 3 N–H and O–H groups in total. The standard InChI is InChI=1S/C21H26N8O2S/c1-28(2)20(32)14-11-23-7-8-29(14)19-17-18(26-21(22)27-19)24-10-13(25-17)12-5-6-15(30-3)16(9-12)31-4/h5-6,9-10,14,23H,7-8,11H2,1-4H3,(H2,22,24,26,27). The molecule has 1 aliphatic heterocycles. The van der Waals surface area contributed by atoms with Crippen LogP contribution in [0.25, 0.3) is 22.4 Å². The molecule has 0 saturated carbocycles. The Bertz CT molecular complexity index is 1160. The highest BCUT2D eigenvalue weighted by Gasteiger charge is 2.30. The van der Waals surface area contributed by atoms with E-state index in [1.165, 1.54) is 0 Å². The monoisotopic (exact) mass is 454 g/mol. The van der Waals surface area contributed by atoms with Crippen LogP contribution in [0.3, 0.4) is 0 Å². The number of piperazine rings is 1. The van der Waals surface area contributed by atoms with Gasteiger partial charge in [0.2, 0.25) is 5.95 Å². The second-order valence-corrected chi connectivity index (χ2v) is 7.97. The molecular weight excluding hydrogens is 428 g/mol. The van der Waals surface area contributed by atoms with Crippen LogP contribution in [0, 0.1) is 0 Å². The van der Waals surface area contributed by atoms with Crippen LogP contribution in [0.4, 0.5) is 11.8 Å². The average molecular weight is 455 g/mol. The molecule has 1 saturated heterocycles. The second-order valence-electron chi connectivity index (χ2n) is 7.55. The molecule has 2 aromatic heterocycles. The Kier molecular flexibility index (Phi) is 6.19. The maximum Gasteiger partial charge on any atom is 0.224 e. The Balaban J connectivity index is 1.84. The van der Waals surface area contributed by atoms with E-state index in [-0.39, 0.29) is 12.0 Å². The lowest BCUT2D eigenvalue weighted by atomic mass is 10.1. The molecule has 32 heavy (non-hydrogen) atoms. The zero-order chi connectivity index (χ0) is 22.8. The highest BCUT2D eigenvalue weighted by molar-refractivity contribution is 7.80. The Morgan fingerprint density at radius 3 is 2.69 bits per heavy atom. The van der Waals surface area contributed by atoms with Crippen LogP contribution < -0.4 is 25.4 Å². The summed E-state index contributed by atoms with van der Waals surface area (Å²) in [6.07, 6.45) is 1.67. The first-order chi connectivity index (χ1) is 15.4. The summed E-state index contributed by atoms with van der Waals surface area (Å²) in [7, 11) is 7.08. The highest BCUT2D eigenvalue weighted by atomic mass is 32.1. The molecular formula is C21H26N8O2S. The van der Waals surface area contributed by atoms with Crippen molar-refractivity contribution < 1.29 is 9.47 Å². The average Bonchev–Trinajstić information content (AvgIpc) is 2.82. The van der Waals surface area contributed by atoms with Crippen molar-refractivity contribution in [3.05, 3.63) is 24.4 Å². The van der Waals surface area contributed by atoms with Crippen LogP contribution in [0.15, 0.2) is 24.4 Å². The molecule has 1 aliphatic rings. The number of hydrogen-bond acceptors (Lipinski definition) is 10. The van der Waals surface area contributed by atoms with Gasteiger partial charge in [-0.15, -0.1) is 0 Å². The molecule has 0 aliphatic carbocycles.